The molecule has 0 aromatic heterocycles. The molecule has 1 aliphatic heterocycles. The van der Waals surface area contributed by atoms with Crippen LogP contribution in [0.5, 0.6) is 5.75 Å². The van der Waals surface area contributed by atoms with Crippen LogP contribution < -0.4 is 15.4 Å². The average molecular weight is 364 g/mol. The van der Waals surface area contributed by atoms with E-state index in [-0.39, 0.29) is 17.2 Å². The van der Waals surface area contributed by atoms with Crippen LogP contribution in [0.2, 0.25) is 0 Å². The maximum absolute atomic E-state index is 12.2. The highest BCUT2D eigenvalue weighted by molar-refractivity contribution is 6.03. The largest absolute Gasteiger partial charge is 0.479 e. The Labute approximate surface area is 159 Å². The Kier molecular flexibility index (Phi) is 5.04. The van der Waals surface area contributed by atoms with Gasteiger partial charge in [0.15, 0.2) is 6.10 Å². The molecule has 2 amide bonds. The molecule has 1 heterocycles. The van der Waals surface area contributed by atoms with Crippen molar-refractivity contribution in [3.8, 4) is 5.75 Å². The highest BCUT2D eigenvalue weighted by Crippen LogP contribution is 2.32. The third-order valence-electron chi connectivity index (χ3n) is 4.38. The van der Waals surface area contributed by atoms with Crippen molar-refractivity contribution in [2.24, 2.45) is 0 Å². The van der Waals surface area contributed by atoms with Gasteiger partial charge < -0.3 is 15.4 Å². The van der Waals surface area contributed by atoms with Gasteiger partial charge >= 0.3 is 0 Å². The fourth-order valence-corrected chi connectivity index (χ4v) is 2.74. The van der Waals surface area contributed by atoms with E-state index in [1.165, 1.54) is 11.6 Å². The number of hydrogen-bond donors (Lipinski definition) is 2. The van der Waals surface area contributed by atoms with Crippen LogP contribution in [0, 0.1) is 0 Å². The van der Waals surface area contributed by atoms with Crippen molar-refractivity contribution in [2.45, 2.75) is 39.2 Å². The molecule has 3 rings (SSSR count). The molecule has 0 fully saturated rings. The van der Waals surface area contributed by atoms with E-state index in [4.69, 9.17) is 4.74 Å². The molecular formula is C22H24N2O3. The summed E-state index contributed by atoms with van der Waals surface area (Å²) < 4.78 is 5.50. The SMILES string of the molecule is CC1Oc2ccc(NC(=O)/C=C/c3ccc(C(C)(C)C)cc3)cc2NC1=O. The zero-order valence-corrected chi connectivity index (χ0v) is 16.0. The Balaban J connectivity index is 1.65. The van der Waals surface area contributed by atoms with Crippen molar-refractivity contribution in [2.75, 3.05) is 10.6 Å². The van der Waals surface area contributed by atoms with Crippen molar-refractivity contribution in [3.05, 3.63) is 59.7 Å². The van der Waals surface area contributed by atoms with Gasteiger partial charge in [0, 0.05) is 11.8 Å². The van der Waals surface area contributed by atoms with Crippen LogP contribution in [-0.4, -0.2) is 17.9 Å². The van der Waals surface area contributed by atoms with Crippen LogP contribution in [-0.2, 0) is 15.0 Å². The lowest BCUT2D eigenvalue weighted by atomic mass is 9.87. The molecule has 5 heteroatoms. The second-order valence-corrected chi connectivity index (χ2v) is 7.65. The molecule has 0 bridgehead atoms. The minimum atomic E-state index is -0.523. The molecular weight excluding hydrogens is 340 g/mol. The van der Waals surface area contributed by atoms with Gasteiger partial charge in [-0.05, 0) is 47.7 Å². The number of rotatable bonds is 3. The predicted molar refractivity (Wildman–Crippen MR) is 108 cm³/mol. The van der Waals surface area contributed by atoms with Gasteiger partial charge in [-0.15, -0.1) is 0 Å². The van der Waals surface area contributed by atoms with E-state index in [9.17, 15) is 9.59 Å². The van der Waals surface area contributed by atoms with Crippen LogP contribution in [0.3, 0.4) is 0 Å². The summed E-state index contributed by atoms with van der Waals surface area (Å²) in [6, 6.07) is 13.3. The van der Waals surface area contributed by atoms with E-state index in [2.05, 4.69) is 43.5 Å². The van der Waals surface area contributed by atoms with Crippen LogP contribution in [0.25, 0.3) is 6.08 Å². The molecule has 1 atom stereocenters. The third-order valence-corrected chi connectivity index (χ3v) is 4.38. The number of hydrogen-bond acceptors (Lipinski definition) is 3. The van der Waals surface area contributed by atoms with Crippen LogP contribution in [0.1, 0.15) is 38.8 Å². The Morgan fingerprint density at radius 1 is 1.15 bits per heavy atom. The Morgan fingerprint density at radius 3 is 2.52 bits per heavy atom. The van der Waals surface area contributed by atoms with Crippen molar-refractivity contribution < 1.29 is 14.3 Å². The first-order valence-corrected chi connectivity index (χ1v) is 8.93. The predicted octanol–water partition coefficient (Wildman–Crippen LogP) is 4.36. The van der Waals surface area contributed by atoms with E-state index in [0.717, 1.165) is 5.56 Å². The van der Waals surface area contributed by atoms with Gasteiger partial charge in [0.2, 0.25) is 5.91 Å². The first-order valence-electron chi connectivity index (χ1n) is 8.93. The number of carbonyl (C=O) groups excluding carboxylic acids is 2. The molecule has 0 saturated heterocycles. The van der Waals surface area contributed by atoms with Crippen LogP contribution >= 0.6 is 0 Å². The van der Waals surface area contributed by atoms with Gasteiger partial charge in [0.05, 0.1) is 5.69 Å². The molecule has 2 aromatic rings. The molecule has 2 N–H and O–H groups in total. The number of nitrogens with one attached hydrogen (secondary N) is 2. The lowest BCUT2D eigenvalue weighted by molar-refractivity contribution is -0.122. The summed E-state index contributed by atoms with van der Waals surface area (Å²) >= 11 is 0. The Morgan fingerprint density at radius 2 is 1.85 bits per heavy atom. The molecule has 0 radical (unpaired) electrons. The highest BCUT2D eigenvalue weighted by atomic mass is 16.5. The van der Waals surface area contributed by atoms with E-state index >= 15 is 0 Å². The monoisotopic (exact) mass is 364 g/mol. The van der Waals surface area contributed by atoms with Gasteiger partial charge in [-0.2, -0.15) is 0 Å². The summed E-state index contributed by atoms with van der Waals surface area (Å²) in [5, 5.41) is 5.56. The molecule has 0 spiro atoms. The fourth-order valence-electron chi connectivity index (χ4n) is 2.74. The maximum Gasteiger partial charge on any atom is 0.265 e. The number of anilines is 2. The second-order valence-electron chi connectivity index (χ2n) is 7.65. The molecule has 140 valence electrons. The van der Waals surface area contributed by atoms with Gasteiger partial charge in [-0.1, -0.05) is 45.0 Å². The number of amides is 2. The van der Waals surface area contributed by atoms with Crippen molar-refractivity contribution >= 4 is 29.3 Å². The number of fused-ring (bicyclic) bond motifs is 1. The molecule has 2 aromatic carbocycles. The van der Waals surface area contributed by atoms with Gasteiger partial charge in [0.25, 0.3) is 5.91 Å². The third kappa shape index (κ3) is 4.56. The number of benzene rings is 2. The first kappa shape index (κ1) is 18.7. The summed E-state index contributed by atoms with van der Waals surface area (Å²) in [6.45, 7) is 8.18. The van der Waals surface area contributed by atoms with Crippen molar-refractivity contribution in [1.29, 1.82) is 0 Å². The normalized spacial score (nSPS) is 16.4. The number of carbonyl (C=O) groups is 2. The summed E-state index contributed by atoms with van der Waals surface area (Å²) in [5.41, 5.74) is 3.45. The summed E-state index contributed by atoms with van der Waals surface area (Å²) in [6.07, 6.45) is 2.74. The molecule has 0 aliphatic carbocycles. The standard InChI is InChI=1S/C22H24N2O3/c1-14-21(26)24-18-13-17(10-11-19(18)27-14)23-20(25)12-7-15-5-8-16(9-6-15)22(2,3)4/h5-14H,1-4H3,(H,23,25)(H,24,26)/b12-7+. The molecule has 1 aliphatic rings. The van der Waals surface area contributed by atoms with E-state index in [0.29, 0.717) is 17.1 Å². The Hall–Kier alpha value is -3.08. The topological polar surface area (TPSA) is 67.4 Å². The first-order chi connectivity index (χ1) is 12.7. The van der Waals surface area contributed by atoms with E-state index in [1.54, 1.807) is 31.2 Å². The minimum absolute atomic E-state index is 0.100. The van der Waals surface area contributed by atoms with Crippen molar-refractivity contribution in [1.82, 2.24) is 0 Å². The van der Waals surface area contributed by atoms with Gasteiger partial charge in [0.1, 0.15) is 5.75 Å². The molecule has 0 saturated carbocycles. The zero-order chi connectivity index (χ0) is 19.6. The average Bonchev–Trinajstić information content (AvgIpc) is 2.61. The molecule has 1 unspecified atom stereocenters. The minimum Gasteiger partial charge on any atom is -0.479 e. The lowest BCUT2D eigenvalue weighted by Gasteiger charge is -2.23. The zero-order valence-electron chi connectivity index (χ0n) is 16.0. The van der Waals surface area contributed by atoms with E-state index in [1.807, 2.05) is 12.1 Å². The van der Waals surface area contributed by atoms with Crippen molar-refractivity contribution in [3.63, 3.8) is 0 Å². The molecule has 27 heavy (non-hydrogen) atoms. The Bertz CT molecular complexity index is 893. The summed E-state index contributed by atoms with van der Waals surface area (Å²) in [7, 11) is 0. The van der Waals surface area contributed by atoms with Crippen LogP contribution in [0.15, 0.2) is 48.5 Å². The smallest absolute Gasteiger partial charge is 0.265 e. The van der Waals surface area contributed by atoms with E-state index < -0.39 is 6.10 Å². The maximum atomic E-state index is 12.2. The lowest BCUT2D eigenvalue weighted by Crippen LogP contribution is -2.34. The van der Waals surface area contributed by atoms with Crippen LogP contribution in [0.4, 0.5) is 11.4 Å². The van der Waals surface area contributed by atoms with Gasteiger partial charge in [-0.25, -0.2) is 0 Å². The summed E-state index contributed by atoms with van der Waals surface area (Å²) in [5.74, 6) is 0.144. The van der Waals surface area contributed by atoms with Gasteiger partial charge in [-0.3, -0.25) is 9.59 Å². The quantitative estimate of drug-likeness (QED) is 0.796. The second kappa shape index (κ2) is 7.27. The summed E-state index contributed by atoms with van der Waals surface area (Å²) in [4.78, 5) is 23.9. The highest BCUT2D eigenvalue weighted by Gasteiger charge is 2.23. The fraction of sp³-hybridized carbons (Fsp3) is 0.273. The number of ether oxygens (including phenoxy) is 1. The molecule has 5 nitrogen and oxygen atoms in total.